The quantitative estimate of drug-likeness (QED) is 0.888. The highest BCUT2D eigenvalue weighted by atomic mass is 16.2. The van der Waals surface area contributed by atoms with Crippen molar-refractivity contribution in [2.45, 2.75) is 30.7 Å². The van der Waals surface area contributed by atoms with Gasteiger partial charge in [0.15, 0.2) is 0 Å². The van der Waals surface area contributed by atoms with Gasteiger partial charge < -0.3 is 10.2 Å². The van der Waals surface area contributed by atoms with Gasteiger partial charge in [-0.15, -0.1) is 0 Å². The summed E-state index contributed by atoms with van der Waals surface area (Å²) in [7, 11) is 0. The van der Waals surface area contributed by atoms with E-state index in [9.17, 15) is 9.59 Å². The molecule has 0 bridgehead atoms. The van der Waals surface area contributed by atoms with Gasteiger partial charge in [-0.2, -0.15) is 10.2 Å². The minimum atomic E-state index is -0.210. The number of carbonyl (C=O) groups is 2. The van der Waals surface area contributed by atoms with Gasteiger partial charge >= 0.3 is 0 Å². The molecule has 2 aromatic heterocycles. The third kappa shape index (κ3) is 2.97. The maximum atomic E-state index is 12.5. The van der Waals surface area contributed by atoms with Gasteiger partial charge in [-0.3, -0.25) is 14.6 Å². The van der Waals surface area contributed by atoms with E-state index in [2.05, 4.69) is 20.5 Å². The second kappa shape index (κ2) is 6.23. The summed E-state index contributed by atoms with van der Waals surface area (Å²) in [5, 5.41) is 10.7. The van der Waals surface area contributed by atoms with Crippen LogP contribution in [0.5, 0.6) is 0 Å². The first-order valence-electron chi connectivity index (χ1n) is 8.45. The molecule has 0 unspecified atom stereocenters. The molecule has 2 aromatic rings. The van der Waals surface area contributed by atoms with E-state index in [1.165, 1.54) is 12.4 Å². The van der Waals surface area contributed by atoms with Crippen molar-refractivity contribution in [3.05, 3.63) is 54.1 Å². The molecule has 1 atom stereocenters. The average molecular weight is 337 g/mol. The molecule has 4 heterocycles. The maximum absolute atomic E-state index is 12.5. The Labute approximate surface area is 145 Å². The Kier molecular flexibility index (Phi) is 3.91. The van der Waals surface area contributed by atoms with Gasteiger partial charge in [-0.25, -0.2) is 0 Å². The van der Waals surface area contributed by atoms with E-state index in [4.69, 9.17) is 0 Å². The summed E-state index contributed by atoms with van der Waals surface area (Å²) >= 11 is 0. The second-order valence-electron chi connectivity index (χ2n) is 6.73. The molecule has 0 aliphatic carbocycles. The van der Waals surface area contributed by atoms with Crippen molar-refractivity contribution in [1.82, 2.24) is 25.4 Å². The Hall–Kier alpha value is -2.83. The van der Waals surface area contributed by atoms with E-state index in [-0.39, 0.29) is 23.3 Å². The zero-order valence-electron chi connectivity index (χ0n) is 13.8. The first kappa shape index (κ1) is 15.7. The van der Waals surface area contributed by atoms with Gasteiger partial charge in [0.1, 0.15) is 0 Å². The molecule has 2 amide bonds. The first-order chi connectivity index (χ1) is 12.2. The predicted molar refractivity (Wildman–Crippen MR) is 89.6 cm³/mol. The molecule has 7 heteroatoms. The van der Waals surface area contributed by atoms with Crippen LogP contribution in [-0.2, 0) is 4.79 Å². The highest BCUT2D eigenvalue weighted by Gasteiger charge is 2.46. The van der Waals surface area contributed by atoms with Gasteiger partial charge in [0.25, 0.3) is 5.91 Å². The lowest BCUT2D eigenvalue weighted by Crippen LogP contribution is -2.52. The van der Waals surface area contributed by atoms with Crippen molar-refractivity contribution < 1.29 is 9.59 Å². The van der Waals surface area contributed by atoms with Crippen LogP contribution in [0.1, 0.15) is 41.1 Å². The van der Waals surface area contributed by atoms with Crippen molar-refractivity contribution in [2.24, 2.45) is 0 Å². The largest absolute Gasteiger partial charge is 0.350 e. The summed E-state index contributed by atoms with van der Waals surface area (Å²) < 4.78 is 0. The minimum Gasteiger partial charge on any atom is -0.350 e. The van der Waals surface area contributed by atoms with E-state index >= 15 is 0 Å². The Bertz CT molecular complexity index is 773. The Morgan fingerprint density at radius 3 is 2.56 bits per heavy atom. The number of nitrogens with one attached hydrogen (secondary N) is 1. The summed E-state index contributed by atoms with van der Waals surface area (Å²) in [5.41, 5.74) is 1.35. The van der Waals surface area contributed by atoms with E-state index in [0.717, 1.165) is 24.8 Å². The van der Waals surface area contributed by atoms with Crippen molar-refractivity contribution in [2.75, 3.05) is 13.1 Å². The van der Waals surface area contributed by atoms with Crippen LogP contribution in [0.3, 0.4) is 0 Å². The van der Waals surface area contributed by atoms with Crippen LogP contribution in [-0.4, -0.2) is 50.5 Å². The highest BCUT2D eigenvalue weighted by Crippen LogP contribution is 2.39. The molecule has 0 saturated carbocycles. The van der Waals surface area contributed by atoms with Crippen LogP contribution in [0.15, 0.2) is 43.0 Å². The lowest BCUT2D eigenvalue weighted by atomic mass is 9.82. The molecule has 2 fully saturated rings. The summed E-state index contributed by atoms with van der Waals surface area (Å²) in [6.45, 7) is 1.26. The normalized spacial score (nSPS) is 22.0. The number of carbonyl (C=O) groups excluding carboxylic acids is 2. The lowest BCUT2D eigenvalue weighted by Gasteiger charge is -2.39. The lowest BCUT2D eigenvalue weighted by molar-refractivity contribution is -0.121. The number of amides is 2. The molecule has 7 nitrogen and oxygen atoms in total. The molecule has 1 spiro atoms. The van der Waals surface area contributed by atoms with Crippen LogP contribution in [0.4, 0.5) is 0 Å². The number of piperidine rings is 1. The fraction of sp³-hybridized carbons (Fsp3) is 0.389. The highest BCUT2D eigenvalue weighted by molar-refractivity contribution is 5.94. The summed E-state index contributed by atoms with van der Waals surface area (Å²) in [6, 6.07) is 5.48. The minimum absolute atomic E-state index is 0.0280. The van der Waals surface area contributed by atoms with Crippen molar-refractivity contribution in [3.63, 3.8) is 0 Å². The molecule has 4 rings (SSSR count). The van der Waals surface area contributed by atoms with E-state index in [1.807, 2.05) is 17.0 Å². The number of likely N-dealkylation sites (tertiary alicyclic amines) is 1. The van der Waals surface area contributed by atoms with Gasteiger partial charge in [-0.1, -0.05) is 0 Å². The summed E-state index contributed by atoms with van der Waals surface area (Å²) in [4.78, 5) is 30.8. The molecule has 2 saturated heterocycles. The zero-order valence-corrected chi connectivity index (χ0v) is 13.8. The van der Waals surface area contributed by atoms with E-state index in [1.54, 1.807) is 18.5 Å². The van der Waals surface area contributed by atoms with Gasteiger partial charge in [-0.05, 0) is 43.0 Å². The van der Waals surface area contributed by atoms with Gasteiger partial charge in [0.2, 0.25) is 5.91 Å². The number of pyridine rings is 1. The third-order valence-corrected chi connectivity index (χ3v) is 5.25. The van der Waals surface area contributed by atoms with Gasteiger partial charge in [0, 0.05) is 31.0 Å². The topological polar surface area (TPSA) is 88.1 Å². The number of nitrogens with zero attached hydrogens (tertiary/aromatic N) is 4. The van der Waals surface area contributed by atoms with E-state index in [0.29, 0.717) is 18.7 Å². The molecule has 128 valence electrons. The fourth-order valence-corrected chi connectivity index (χ4v) is 3.81. The number of rotatable bonds is 2. The van der Waals surface area contributed by atoms with Crippen LogP contribution >= 0.6 is 0 Å². The van der Waals surface area contributed by atoms with Crippen molar-refractivity contribution in [1.29, 1.82) is 0 Å². The van der Waals surface area contributed by atoms with Crippen molar-refractivity contribution in [3.8, 4) is 0 Å². The first-order valence-corrected chi connectivity index (χ1v) is 8.45. The molecule has 25 heavy (non-hydrogen) atoms. The Morgan fingerprint density at radius 2 is 1.88 bits per heavy atom. The Balaban J connectivity index is 1.43. The smallest absolute Gasteiger partial charge is 0.255 e. The Morgan fingerprint density at radius 1 is 1.12 bits per heavy atom. The summed E-state index contributed by atoms with van der Waals surface area (Å²) in [6.07, 6.45) is 8.76. The van der Waals surface area contributed by atoms with Gasteiger partial charge in [0.05, 0.1) is 23.9 Å². The standard InChI is InChI=1S/C18H19N5O2/c24-16-15(13-1-6-19-7-2-13)11-18(22-16)4-9-23(10-5-18)17(25)14-3-8-20-21-12-14/h1-3,6-8,12,15H,4-5,9-11H2,(H,22,24)/t15-/m0/s1. The molecular weight excluding hydrogens is 318 g/mol. The molecule has 0 aromatic carbocycles. The monoisotopic (exact) mass is 337 g/mol. The number of hydrogen-bond donors (Lipinski definition) is 1. The molecule has 2 aliphatic heterocycles. The van der Waals surface area contributed by atoms with Crippen molar-refractivity contribution >= 4 is 11.8 Å². The molecule has 0 radical (unpaired) electrons. The fourth-order valence-electron chi connectivity index (χ4n) is 3.81. The van der Waals surface area contributed by atoms with Crippen LogP contribution in [0.25, 0.3) is 0 Å². The molecule has 1 N–H and O–H groups in total. The molecular formula is C18H19N5O2. The average Bonchev–Trinajstić information content (AvgIpc) is 2.99. The number of hydrogen-bond acceptors (Lipinski definition) is 5. The second-order valence-corrected chi connectivity index (χ2v) is 6.73. The maximum Gasteiger partial charge on any atom is 0.255 e. The van der Waals surface area contributed by atoms with Crippen LogP contribution < -0.4 is 5.32 Å². The van der Waals surface area contributed by atoms with Crippen LogP contribution in [0, 0.1) is 0 Å². The molecule has 2 aliphatic rings. The van der Waals surface area contributed by atoms with E-state index < -0.39 is 0 Å². The summed E-state index contributed by atoms with van der Waals surface area (Å²) in [5.74, 6) is -0.0845. The third-order valence-electron chi connectivity index (χ3n) is 5.25. The predicted octanol–water partition coefficient (Wildman–Crippen LogP) is 1.15. The SMILES string of the molecule is O=C1NC2(CCN(C(=O)c3ccnnc3)CC2)C[C@H]1c1ccncc1. The zero-order chi connectivity index (χ0) is 17.3. The van der Waals surface area contributed by atoms with Crippen LogP contribution in [0.2, 0.25) is 0 Å². The number of aromatic nitrogens is 3.